The molecule has 3 rings (SSSR count). The number of carbonyl (C=O) groups excluding carboxylic acids is 1. The van der Waals surface area contributed by atoms with Gasteiger partial charge in [0, 0.05) is 14.1 Å². The van der Waals surface area contributed by atoms with E-state index in [0.717, 1.165) is 10.1 Å². The third kappa shape index (κ3) is 2.96. The first kappa shape index (κ1) is 17.0. The monoisotopic (exact) mass is 361 g/mol. The Labute approximate surface area is 147 Å². The zero-order valence-electron chi connectivity index (χ0n) is 13.9. The molecule has 130 valence electrons. The Bertz CT molecular complexity index is 1110. The predicted molar refractivity (Wildman–Crippen MR) is 95.0 cm³/mol. The molecule has 0 aliphatic carbocycles. The van der Waals surface area contributed by atoms with E-state index in [4.69, 9.17) is 11.6 Å². The molecule has 0 radical (unpaired) electrons. The van der Waals surface area contributed by atoms with Gasteiger partial charge in [0.15, 0.2) is 11.2 Å². The molecule has 2 heterocycles. The van der Waals surface area contributed by atoms with Gasteiger partial charge in [0.1, 0.15) is 6.54 Å². The summed E-state index contributed by atoms with van der Waals surface area (Å²) < 4.78 is 3.66. The van der Waals surface area contributed by atoms with E-state index in [1.807, 2.05) is 13.0 Å². The van der Waals surface area contributed by atoms with Gasteiger partial charge >= 0.3 is 5.69 Å². The Morgan fingerprint density at radius 1 is 1.24 bits per heavy atom. The maximum Gasteiger partial charge on any atom is 0.332 e. The predicted octanol–water partition coefficient (Wildman–Crippen LogP) is 1.03. The SMILES string of the molecule is Cc1ccc(NC(=O)Cn2cnc3c2c(=O)n(C)c(=O)n3C)c(Cl)c1. The molecular weight excluding hydrogens is 346 g/mol. The summed E-state index contributed by atoms with van der Waals surface area (Å²) in [4.78, 5) is 40.7. The lowest BCUT2D eigenvalue weighted by Gasteiger charge is -2.09. The van der Waals surface area contributed by atoms with E-state index in [9.17, 15) is 14.4 Å². The van der Waals surface area contributed by atoms with Crippen LogP contribution in [0.3, 0.4) is 0 Å². The van der Waals surface area contributed by atoms with Gasteiger partial charge in [-0.1, -0.05) is 17.7 Å². The van der Waals surface area contributed by atoms with Gasteiger partial charge in [0.2, 0.25) is 5.91 Å². The third-order valence-corrected chi connectivity index (χ3v) is 4.24. The summed E-state index contributed by atoms with van der Waals surface area (Å²) in [6, 6.07) is 5.29. The maximum atomic E-state index is 12.4. The molecule has 3 aromatic rings. The van der Waals surface area contributed by atoms with E-state index in [2.05, 4.69) is 10.3 Å². The molecule has 0 bridgehead atoms. The van der Waals surface area contributed by atoms with Gasteiger partial charge in [-0.3, -0.25) is 18.7 Å². The highest BCUT2D eigenvalue weighted by Crippen LogP contribution is 2.22. The van der Waals surface area contributed by atoms with Crippen LogP contribution in [0, 0.1) is 6.92 Å². The second-order valence-electron chi connectivity index (χ2n) is 5.78. The van der Waals surface area contributed by atoms with Gasteiger partial charge in [0.05, 0.1) is 17.0 Å². The van der Waals surface area contributed by atoms with Crippen LogP contribution in [0.25, 0.3) is 11.2 Å². The number of fused-ring (bicyclic) bond motifs is 1. The van der Waals surface area contributed by atoms with Crippen LogP contribution in [0.2, 0.25) is 5.02 Å². The molecule has 8 nitrogen and oxygen atoms in total. The first-order valence-electron chi connectivity index (χ1n) is 7.46. The molecule has 0 unspecified atom stereocenters. The number of hydrogen-bond acceptors (Lipinski definition) is 4. The molecule has 2 aromatic heterocycles. The lowest BCUT2D eigenvalue weighted by atomic mass is 10.2. The van der Waals surface area contributed by atoms with Crippen molar-refractivity contribution in [3.05, 3.63) is 56.0 Å². The molecular formula is C16H16ClN5O3. The van der Waals surface area contributed by atoms with Crippen LogP contribution in [-0.4, -0.2) is 24.6 Å². The minimum absolute atomic E-state index is 0.131. The molecule has 0 saturated carbocycles. The zero-order valence-corrected chi connectivity index (χ0v) is 14.7. The Hall–Kier alpha value is -2.87. The van der Waals surface area contributed by atoms with Crippen molar-refractivity contribution in [2.75, 3.05) is 5.32 Å². The van der Waals surface area contributed by atoms with E-state index in [-0.39, 0.29) is 23.6 Å². The van der Waals surface area contributed by atoms with Crippen LogP contribution < -0.4 is 16.6 Å². The van der Waals surface area contributed by atoms with Gasteiger partial charge in [0.25, 0.3) is 5.56 Å². The van der Waals surface area contributed by atoms with Crippen molar-refractivity contribution in [3.63, 3.8) is 0 Å². The van der Waals surface area contributed by atoms with Crippen molar-refractivity contribution in [1.29, 1.82) is 0 Å². The number of aromatic nitrogens is 4. The summed E-state index contributed by atoms with van der Waals surface area (Å²) >= 11 is 6.11. The van der Waals surface area contributed by atoms with Crippen LogP contribution in [0.4, 0.5) is 5.69 Å². The fourth-order valence-electron chi connectivity index (χ4n) is 2.58. The van der Waals surface area contributed by atoms with E-state index >= 15 is 0 Å². The fraction of sp³-hybridized carbons (Fsp3) is 0.250. The highest BCUT2D eigenvalue weighted by molar-refractivity contribution is 6.33. The topological polar surface area (TPSA) is 90.9 Å². The van der Waals surface area contributed by atoms with Crippen molar-refractivity contribution >= 4 is 34.4 Å². The normalized spacial score (nSPS) is 11.0. The van der Waals surface area contributed by atoms with Crippen molar-refractivity contribution < 1.29 is 4.79 Å². The first-order chi connectivity index (χ1) is 11.8. The second-order valence-corrected chi connectivity index (χ2v) is 6.19. The molecule has 0 atom stereocenters. The largest absolute Gasteiger partial charge is 0.332 e. The van der Waals surface area contributed by atoms with Crippen LogP contribution >= 0.6 is 11.6 Å². The number of carbonyl (C=O) groups is 1. The average molecular weight is 362 g/mol. The lowest BCUT2D eigenvalue weighted by molar-refractivity contribution is -0.116. The number of halogens is 1. The number of benzene rings is 1. The van der Waals surface area contributed by atoms with E-state index in [1.54, 1.807) is 12.1 Å². The number of nitrogens with zero attached hydrogens (tertiary/aromatic N) is 4. The standard InChI is InChI=1S/C16H16ClN5O3/c1-9-4-5-11(10(17)6-9)19-12(23)7-22-8-18-14-13(22)15(24)21(3)16(25)20(14)2/h4-6,8H,7H2,1-3H3,(H,19,23). The van der Waals surface area contributed by atoms with Crippen molar-refractivity contribution in [3.8, 4) is 0 Å². The number of imidazole rings is 1. The van der Waals surface area contributed by atoms with E-state index in [0.29, 0.717) is 10.7 Å². The Morgan fingerprint density at radius 3 is 2.64 bits per heavy atom. The molecule has 0 fully saturated rings. The van der Waals surface area contributed by atoms with Gasteiger partial charge < -0.3 is 9.88 Å². The van der Waals surface area contributed by atoms with Crippen LogP contribution in [-0.2, 0) is 25.4 Å². The number of nitrogens with one attached hydrogen (secondary N) is 1. The summed E-state index contributed by atoms with van der Waals surface area (Å²) in [7, 11) is 2.90. The molecule has 0 aliphatic rings. The molecule has 1 N–H and O–H groups in total. The lowest BCUT2D eigenvalue weighted by Crippen LogP contribution is -2.37. The van der Waals surface area contributed by atoms with Gasteiger partial charge in [-0.25, -0.2) is 9.78 Å². The quantitative estimate of drug-likeness (QED) is 0.754. The summed E-state index contributed by atoms with van der Waals surface area (Å²) in [6.45, 7) is 1.77. The number of amides is 1. The van der Waals surface area contributed by atoms with Crippen molar-refractivity contribution in [1.82, 2.24) is 18.7 Å². The Morgan fingerprint density at radius 2 is 1.96 bits per heavy atom. The minimum atomic E-state index is -0.503. The molecule has 25 heavy (non-hydrogen) atoms. The van der Waals surface area contributed by atoms with Crippen molar-refractivity contribution in [2.24, 2.45) is 14.1 Å². The summed E-state index contributed by atoms with van der Waals surface area (Å²) in [5.41, 5.74) is 0.912. The maximum absolute atomic E-state index is 12.4. The summed E-state index contributed by atoms with van der Waals surface area (Å²) in [6.07, 6.45) is 1.36. The summed E-state index contributed by atoms with van der Waals surface area (Å²) in [5.74, 6) is -0.360. The Kier molecular flexibility index (Phi) is 4.22. The molecule has 0 aliphatic heterocycles. The molecule has 0 saturated heterocycles. The second kappa shape index (κ2) is 6.21. The van der Waals surface area contributed by atoms with Crippen LogP contribution in [0.1, 0.15) is 5.56 Å². The van der Waals surface area contributed by atoms with Gasteiger partial charge in [-0.2, -0.15) is 0 Å². The third-order valence-electron chi connectivity index (χ3n) is 3.93. The van der Waals surface area contributed by atoms with Gasteiger partial charge in [-0.05, 0) is 24.6 Å². The van der Waals surface area contributed by atoms with Crippen LogP contribution in [0.5, 0.6) is 0 Å². The zero-order chi connectivity index (χ0) is 18.3. The molecule has 9 heteroatoms. The number of anilines is 1. The first-order valence-corrected chi connectivity index (χ1v) is 7.84. The van der Waals surface area contributed by atoms with Crippen LogP contribution in [0.15, 0.2) is 34.1 Å². The highest BCUT2D eigenvalue weighted by atomic mass is 35.5. The molecule has 1 aromatic carbocycles. The van der Waals surface area contributed by atoms with E-state index < -0.39 is 11.2 Å². The summed E-state index contributed by atoms with van der Waals surface area (Å²) in [5, 5.41) is 3.14. The smallest absolute Gasteiger partial charge is 0.323 e. The van der Waals surface area contributed by atoms with Gasteiger partial charge in [-0.15, -0.1) is 0 Å². The molecule has 0 spiro atoms. The number of hydrogen-bond donors (Lipinski definition) is 1. The molecule has 1 amide bonds. The average Bonchev–Trinajstić information content (AvgIpc) is 2.97. The Balaban J connectivity index is 1.94. The fourth-order valence-corrected chi connectivity index (χ4v) is 2.87. The minimum Gasteiger partial charge on any atom is -0.323 e. The van der Waals surface area contributed by atoms with E-state index in [1.165, 1.54) is 29.6 Å². The number of aryl methyl sites for hydroxylation is 2. The highest BCUT2D eigenvalue weighted by Gasteiger charge is 2.16. The number of rotatable bonds is 3. The van der Waals surface area contributed by atoms with Crippen molar-refractivity contribution in [2.45, 2.75) is 13.5 Å².